The number of fused-ring (bicyclic) bond motifs is 1. The van der Waals surface area contributed by atoms with Crippen molar-refractivity contribution >= 4 is 17.1 Å². The smallest absolute Gasteiger partial charge is 0.410 e. The monoisotopic (exact) mass is 498 g/mol. The average molecular weight is 499 g/mol. The molecule has 192 valence electrons. The second-order valence-corrected chi connectivity index (χ2v) is 11.1. The Morgan fingerprint density at radius 2 is 1.76 bits per heavy atom. The summed E-state index contributed by atoms with van der Waals surface area (Å²) in [7, 11) is 0. The Kier molecular flexibility index (Phi) is 5.99. The van der Waals surface area contributed by atoms with Crippen LogP contribution in [0.25, 0.3) is 33.4 Å². The van der Waals surface area contributed by atoms with Crippen LogP contribution < -0.4 is 5.32 Å². The summed E-state index contributed by atoms with van der Waals surface area (Å²) >= 11 is 0. The Hall–Kier alpha value is -3.65. The fraction of sp³-hybridized carbons (Fsp3) is 0.414. The molecule has 0 saturated carbocycles. The molecule has 2 aromatic heterocycles. The van der Waals surface area contributed by atoms with Gasteiger partial charge in [-0.15, -0.1) is 0 Å². The van der Waals surface area contributed by atoms with Gasteiger partial charge < -0.3 is 20.0 Å². The lowest BCUT2D eigenvalue weighted by Gasteiger charge is -2.27. The van der Waals surface area contributed by atoms with Crippen LogP contribution in [0.5, 0.6) is 0 Å². The lowest BCUT2D eigenvalue weighted by molar-refractivity contribution is 0.0219. The molecule has 37 heavy (non-hydrogen) atoms. The minimum Gasteiger partial charge on any atom is -0.444 e. The van der Waals surface area contributed by atoms with Crippen molar-refractivity contribution < 1.29 is 9.53 Å². The summed E-state index contributed by atoms with van der Waals surface area (Å²) in [6.45, 7) is 7.42. The molecule has 2 unspecified atom stereocenters. The van der Waals surface area contributed by atoms with E-state index in [1.54, 1.807) is 4.90 Å². The first kappa shape index (κ1) is 23.7. The van der Waals surface area contributed by atoms with E-state index in [9.17, 15) is 4.79 Å². The van der Waals surface area contributed by atoms with Crippen LogP contribution in [0.4, 0.5) is 4.79 Å². The third kappa shape index (κ3) is 4.85. The van der Waals surface area contributed by atoms with Gasteiger partial charge in [0.1, 0.15) is 17.2 Å². The van der Waals surface area contributed by atoms with Gasteiger partial charge in [-0.2, -0.15) is 0 Å². The Bertz CT molecular complexity index is 1410. The number of rotatable bonds is 4. The number of hydrogen-bond acceptors (Lipinski definition) is 5. The first-order chi connectivity index (χ1) is 17.8. The maximum absolute atomic E-state index is 12.7. The van der Waals surface area contributed by atoms with Crippen LogP contribution in [0.1, 0.15) is 70.2 Å². The summed E-state index contributed by atoms with van der Waals surface area (Å²) < 4.78 is 5.63. The van der Waals surface area contributed by atoms with E-state index in [-0.39, 0.29) is 12.1 Å². The number of amides is 1. The number of nitrogens with zero attached hydrogens (tertiary/aromatic N) is 3. The van der Waals surface area contributed by atoms with Crippen molar-refractivity contribution in [1.82, 2.24) is 30.2 Å². The van der Waals surface area contributed by atoms with Crippen LogP contribution >= 0.6 is 0 Å². The Morgan fingerprint density at radius 1 is 0.973 bits per heavy atom. The Labute approximate surface area is 216 Å². The van der Waals surface area contributed by atoms with Gasteiger partial charge in [-0.25, -0.2) is 14.8 Å². The topological polar surface area (TPSA) is 98.9 Å². The van der Waals surface area contributed by atoms with Crippen LogP contribution in [0.15, 0.2) is 48.7 Å². The van der Waals surface area contributed by atoms with Crippen LogP contribution in [0, 0.1) is 0 Å². The predicted molar refractivity (Wildman–Crippen MR) is 144 cm³/mol. The highest BCUT2D eigenvalue weighted by Gasteiger charge is 2.35. The number of likely N-dealkylation sites (tertiary alicyclic amines) is 1. The predicted octanol–water partition coefficient (Wildman–Crippen LogP) is 6.12. The van der Waals surface area contributed by atoms with Crippen molar-refractivity contribution in [3.05, 3.63) is 60.3 Å². The minimum atomic E-state index is -0.518. The van der Waals surface area contributed by atoms with Gasteiger partial charge in [0.15, 0.2) is 0 Å². The van der Waals surface area contributed by atoms with Crippen molar-refractivity contribution in [2.45, 2.75) is 64.1 Å². The van der Waals surface area contributed by atoms with Crippen molar-refractivity contribution in [3.63, 3.8) is 0 Å². The number of ether oxygens (including phenoxy) is 1. The molecule has 2 atom stereocenters. The third-order valence-electron chi connectivity index (χ3n) is 7.21. The summed E-state index contributed by atoms with van der Waals surface area (Å²) in [4.78, 5) is 30.9. The van der Waals surface area contributed by atoms with Gasteiger partial charge in [-0.3, -0.25) is 4.90 Å². The Balaban J connectivity index is 1.21. The molecule has 0 bridgehead atoms. The zero-order valence-electron chi connectivity index (χ0n) is 21.7. The maximum Gasteiger partial charge on any atom is 0.410 e. The first-order valence-electron chi connectivity index (χ1n) is 13.2. The molecule has 8 nitrogen and oxygen atoms in total. The molecular weight excluding hydrogens is 464 g/mol. The van der Waals surface area contributed by atoms with Crippen molar-refractivity contribution in [1.29, 1.82) is 0 Å². The quantitative estimate of drug-likeness (QED) is 0.315. The maximum atomic E-state index is 12.7. The molecule has 6 rings (SSSR count). The number of imidazole rings is 2. The van der Waals surface area contributed by atoms with Crippen LogP contribution in [0.3, 0.4) is 0 Å². The van der Waals surface area contributed by atoms with E-state index in [4.69, 9.17) is 9.72 Å². The number of aromatic amines is 2. The zero-order chi connectivity index (χ0) is 25.6. The molecule has 3 N–H and O–H groups in total. The normalized spacial score (nSPS) is 20.1. The summed E-state index contributed by atoms with van der Waals surface area (Å²) in [5.41, 5.74) is 5.76. The highest BCUT2D eigenvalue weighted by atomic mass is 16.6. The van der Waals surface area contributed by atoms with Gasteiger partial charge in [0, 0.05) is 6.54 Å². The summed E-state index contributed by atoms with van der Waals surface area (Å²) in [6, 6.07) is 15.1. The molecule has 4 aromatic rings. The number of carbonyl (C=O) groups excluding carboxylic acids is 1. The highest BCUT2D eigenvalue weighted by Crippen LogP contribution is 2.34. The number of nitrogens with one attached hydrogen (secondary N) is 3. The summed E-state index contributed by atoms with van der Waals surface area (Å²) in [6.07, 6.45) is 5.78. The second-order valence-electron chi connectivity index (χ2n) is 11.1. The summed E-state index contributed by atoms with van der Waals surface area (Å²) in [5.74, 6) is 1.84. The molecule has 8 heteroatoms. The number of H-pyrrole nitrogens is 2. The van der Waals surface area contributed by atoms with Gasteiger partial charge in [-0.1, -0.05) is 30.3 Å². The molecule has 1 amide bonds. The van der Waals surface area contributed by atoms with E-state index in [0.717, 1.165) is 70.9 Å². The minimum absolute atomic E-state index is 0.0938. The fourth-order valence-corrected chi connectivity index (χ4v) is 5.38. The molecule has 0 spiro atoms. The van der Waals surface area contributed by atoms with Crippen molar-refractivity contribution in [2.75, 3.05) is 13.1 Å². The van der Waals surface area contributed by atoms with Gasteiger partial charge in [0.25, 0.3) is 0 Å². The molecule has 2 aliphatic heterocycles. The van der Waals surface area contributed by atoms with E-state index < -0.39 is 5.60 Å². The van der Waals surface area contributed by atoms with Gasteiger partial charge in [0.05, 0.1) is 35.0 Å². The van der Waals surface area contributed by atoms with Crippen LogP contribution in [-0.2, 0) is 4.74 Å². The van der Waals surface area contributed by atoms with Crippen LogP contribution in [0.2, 0.25) is 0 Å². The molecular formula is C29H34N6O2. The van der Waals surface area contributed by atoms with E-state index >= 15 is 0 Å². The number of hydrogen-bond donors (Lipinski definition) is 3. The lowest BCUT2D eigenvalue weighted by atomic mass is 10.0. The van der Waals surface area contributed by atoms with E-state index in [1.165, 1.54) is 6.42 Å². The standard InChI is InChI=1S/C29H34N6O2/c1-29(2,3)37-28(36)35-15-5-7-25(35)27-32-21-13-12-20(16-23(21)33-27)18-8-10-19(11-9-18)24-17-31-26(34-24)22-6-4-14-30-22/h8-13,16-17,22,25,30H,4-7,14-15H2,1-3H3,(H,31,34)(H,32,33). The third-order valence-corrected chi connectivity index (χ3v) is 7.21. The largest absolute Gasteiger partial charge is 0.444 e. The van der Waals surface area contributed by atoms with E-state index in [2.05, 4.69) is 56.7 Å². The summed E-state index contributed by atoms with van der Waals surface area (Å²) in [5, 5.41) is 3.49. The molecule has 0 aliphatic carbocycles. The highest BCUT2D eigenvalue weighted by molar-refractivity contribution is 5.82. The van der Waals surface area contributed by atoms with Gasteiger partial charge in [0.2, 0.25) is 0 Å². The van der Waals surface area contributed by atoms with Crippen LogP contribution in [-0.4, -0.2) is 49.6 Å². The average Bonchev–Trinajstić information content (AvgIpc) is 3.67. The van der Waals surface area contributed by atoms with E-state index in [1.807, 2.05) is 33.0 Å². The number of benzene rings is 2. The Morgan fingerprint density at radius 3 is 2.51 bits per heavy atom. The van der Waals surface area contributed by atoms with E-state index in [0.29, 0.717) is 12.6 Å². The molecule has 2 aliphatic rings. The lowest BCUT2D eigenvalue weighted by Crippen LogP contribution is -2.36. The molecule has 2 saturated heterocycles. The van der Waals surface area contributed by atoms with Gasteiger partial charge in [-0.05, 0) is 81.8 Å². The zero-order valence-corrected chi connectivity index (χ0v) is 21.7. The van der Waals surface area contributed by atoms with Gasteiger partial charge >= 0.3 is 6.09 Å². The first-order valence-corrected chi connectivity index (χ1v) is 13.2. The molecule has 2 aromatic carbocycles. The number of aromatic nitrogens is 4. The second kappa shape index (κ2) is 9.34. The number of carbonyl (C=O) groups is 1. The fourth-order valence-electron chi connectivity index (χ4n) is 5.38. The molecule has 0 radical (unpaired) electrons. The molecule has 2 fully saturated rings. The van der Waals surface area contributed by atoms with Crippen molar-refractivity contribution in [2.24, 2.45) is 0 Å². The SMILES string of the molecule is CC(C)(C)OC(=O)N1CCCC1c1nc2ccc(-c3ccc(-c4cnc(C5CCCN5)[nH]4)cc3)cc2[nH]1. The molecule has 4 heterocycles. The van der Waals surface area contributed by atoms with Crippen molar-refractivity contribution in [3.8, 4) is 22.4 Å².